The molecule has 166 valence electrons. The number of hydrogen-bond donors (Lipinski definition) is 1. The first kappa shape index (κ1) is 21.9. The van der Waals surface area contributed by atoms with E-state index in [0.29, 0.717) is 16.7 Å². The van der Waals surface area contributed by atoms with Crippen LogP contribution in [0.25, 0.3) is 0 Å². The lowest BCUT2D eigenvalue weighted by atomic mass is 9.44. The highest BCUT2D eigenvalue weighted by Crippen LogP contribution is 2.68. The first-order valence-corrected chi connectivity index (χ1v) is 13.0. The van der Waals surface area contributed by atoms with Crippen LogP contribution in [0.2, 0.25) is 0 Å². The highest BCUT2D eigenvalue weighted by atomic mass is 16.3. The maximum absolute atomic E-state index is 10.3. The molecule has 9 atom stereocenters. The molecule has 1 nitrogen and oxygen atoms in total. The van der Waals surface area contributed by atoms with E-state index in [4.69, 9.17) is 0 Å². The topological polar surface area (TPSA) is 20.2 Å². The Morgan fingerprint density at radius 1 is 0.931 bits per heavy atom. The molecule has 0 bridgehead atoms. The third kappa shape index (κ3) is 3.66. The van der Waals surface area contributed by atoms with Gasteiger partial charge in [-0.3, -0.25) is 0 Å². The zero-order chi connectivity index (χ0) is 21.0. The van der Waals surface area contributed by atoms with E-state index < -0.39 is 0 Å². The van der Waals surface area contributed by atoms with E-state index in [1.54, 1.807) is 5.57 Å². The standard InChI is InChI=1S/C28H48O/c1-18(2)19(3)7-8-20(4)24-11-12-25-23-10-9-21-17-22(29)13-15-27(21,5)26(23)14-16-28(24,25)6/h7,18,20-26,29H,8-17H2,1-6H3. The van der Waals surface area contributed by atoms with E-state index in [1.807, 2.05) is 0 Å². The van der Waals surface area contributed by atoms with Crippen molar-refractivity contribution < 1.29 is 5.11 Å². The van der Waals surface area contributed by atoms with Crippen LogP contribution < -0.4 is 0 Å². The molecule has 0 spiro atoms. The quantitative estimate of drug-likeness (QED) is 0.481. The van der Waals surface area contributed by atoms with Crippen LogP contribution in [-0.2, 0) is 0 Å². The van der Waals surface area contributed by atoms with Crippen molar-refractivity contribution in [1.29, 1.82) is 0 Å². The molecule has 0 aromatic carbocycles. The van der Waals surface area contributed by atoms with Crippen LogP contribution in [0.5, 0.6) is 0 Å². The number of aliphatic hydroxyl groups is 1. The fourth-order valence-electron chi connectivity index (χ4n) is 8.98. The summed E-state index contributed by atoms with van der Waals surface area (Å²) in [6.45, 7) is 14.8. The zero-order valence-corrected chi connectivity index (χ0v) is 20.2. The van der Waals surface area contributed by atoms with Gasteiger partial charge in [-0.2, -0.15) is 0 Å². The monoisotopic (exact) mass is 400 g/mol. The van der Waals surface area contributed by atoms with Gasteiger partial charge in [0.1, 0.15) is 0 Å². The van der Waals surface area contributed by atoms with Gasteiger partial charge in [-0.05, 0) is 123 Å². The number of hydrogen-bond acceptors (Lipinski definition) is 1. The van der Waals surface area contributed by atoms with Crippen LogP contribution in [0.15, 0.2) is 11.6 Å². The van der Waals surface area contributed by atoms with Gasteiger partial charge in [0.15, 0.2) is 0 Å². The summed E-state index contributed by atoms with van der Waals surface area (Å²) in [5, 5.41) is 10.3. The van der Waals surface area contributed by atoms with Crippen molar-refractivity contribution >= 4 is 0 Å². The van der Waals surface area contributed by atoms with Gasteiger partial charge in [0.25, 0.3) is 0 Å². The molecule has 0 aliphatic heterocycles. The van der Waals surface area contributed by atoms with Gasteiger partial charge in [0, 0.05) is 0 Å². The lowest BCUT2D eigenvalue weighted by Crippen LogP contribution is -2.54. The molecule has 4 fully saturated rings. The molecule has 0 radical (unpaired) electrons. The second kappa shape index (κ2) is 7.99. The second-order valence-electron chi connectivity index (χ2n) is 12.6. The van der Waals surface area contributed by atoms with Crippen molar-refractivity contribution in [2.24, 2.45) is 52.3 Å². The molecule has 0 heterocycles. The lowest BCUT2D eigenvalue weighted by Gasteiger charge is -2.61. The average molecular weight is 401 g/mol. The van der Waals surface area contributed by atoms with Crippen LogP contribution in [-0.4, -0.2) is 11.2 Å². The maximum atomic E-state index is 10.3. The molecule has 1 N–H and O–H groups in total. The fourth-order valence-corrected chi connectivity index (χ4v) is 8.98. The first-order chi connectivity index (χ1) is 13.7. The Morgan fingerprint density at radius 3 is 2.34 bits per heavy atom. The summed E-state index contributed by atoms with van der Waals surface area (Å²) in [6.07, 6.45) is 16.0. The Kier molecular flexibility index (Phi) is 6.04. The number of rotatable bonds is 4. The van der Waals surface area contributed by atoms with Gasteiger partial charge in [-0.1, -0.05) is 46.3 Å². The van der Waals surface area contributed by atoms with E-state index in [1.165, 1.54) is 51.4 Å². The molecular weight excluding hydrogens is 352 g/mol. The van der Waals surface area contributed by atoms with E-state index in [0.717, 1.165) is 48.3 Å². The van der Waals surface area contributed by atoms with Crippen molar-refractivity contribution in [1.82, 2.24) is 0 Å². The summed E-state index contributed by atoms with van der Waals surface area (Å²) in [6, 6.07) is 0. The van der Waals surface area contributed by atoms with Gasteiger partial charge in [-0.15, -0.1) is 0 Å². The SMILES string of the molecule is CC(=CCC(C)C1CCC2C3CCC4CC(O)CCC4(C)C3CCC12C)C(C)C. The molecule has 29 heavy (non-hydrogen) atoms. The minimum Gasteiger partial charge on any atom is -0.393 e. The van der Waals surface area contributed by atoms with E-state index >= 15 is 0 Å². The predicted octanol–water partition coefficient (Wildman–Crippen LogP) is 7.63. The van der Waals surface area contributed by atoms with Crippen molar-refractivity contribution in [3.63, 3.8) is 0 Å². The van der Waals surface area contributed by atoms with Crippen molar-refractivity contribution in [2.75, 3.05) is 0 Å². The van der Waals surface area contributed by atoms with Crippen LogP contribution >= 0.6 is 0 Å². The summed E-state index contributed by atoms with van der Waals surface area (Å²) in [7, 11) is 0. The fraction of sp³-hybridized carbons (Fsp3) is 0.929. The number of allylic oxidation sites excluding steroid dienone is 2. The molecular formula is C28H48O. The molecule has 0 aromatic heterocycles. The predicted molar refractivity (Wildman–Crippen MR) is 124 cm³/mol. The Hall–Kier alpha value is -0.300. The molecule has 9 unspecified atom stereocenters. The number of fused-ring (bicyclic) bond motifs is 5. The normalized spacial score (nSPS) is 48.8. The molecule has 1 heteroatoms. The minimum atomic E-state index is -0.0162. The van der Waals surface area contributed by atoms with E-state index in [-0.39, 0.29) is 6.10 Å². The van der Waals surface area contributed by atoms with Crippen molar-refractivity contribution in [2.45, 2.75) is 112 Å². The molecule has 4 aliphatic carbocycles. The third-order valence-electron chi connectivity index (χ3n) is 11.1. The summed E-state index contributed by atoms with van der Waals surface area (Å²) >= 11 is 0. The second-order valence-corrected chi connectivity index (χ2v) is 12.6. The van der Waals surface area contributed by atoms with Gasteiger partial charge in [0.2, 0.25) is 0 Å². The van der Waals surface area contributed by atoms with Gasteiger partial charge >= 0.3 is 0 Å². The Morgan fingerprint density at radius 2 is 1.62 bits per heavy atom. The first-order valence-electron chi connectivity index (χ1n) is 13.0. The summed E-state index contributed by atoms with van der Waals surface area (Å²) in [5.41, 5.74) is 2.67. The average Bonchev–Trinajstić information content (AvgIpc) is 3.03. The van der Waals surface area contributed by atoms with Crippen LogP contribution in [0.4, 0.5) is 0 Å². The maximum Gasteiger partial charge on any atom is 0.0543 e. The van der Waals surface area contributed by atoms with Crippen LogP contribution in [0.1, 0.15) is 106 Å². The van der Waals surface area contributed by atoms with Crippen LogP contribution in [0.3, 0.4) is 0 Å². The highest BCUT2D eigenvalue weighted by molar-refractivity contribution is 5.10. The van der Waals surface area contributed by atoms with E-state index in [2.05, 4.69) is 47.6 Å². The van der Waals surface area contributed by atoms with Gasteiger partial charge < -0.3 is 5.11 Å². The minimum absolute atomic E-state index is 0.0162. The number of aliphatic hydroxyl groups excluding tert-OH is 1. The molecule has 0 aromatic rings. The zero-order valence-electron chi connectivity index (χ0n) is 20.2. The van der Waals surface area contributed by atoms with Crippen molar-refractivity contribution in [3.8, 4) is 0 Å². The Balaban J connectivity index is 1.49. The molecule has 0 amide bonds. The highest BCUT2D eigenvalue weighted by Gasteiger charge is 2.60. The lowest BCUT2D eigenvalue weighted by molar-refractivity contribution is -0.129. The molecule has 0 saturated heterocycles. The largest absolute Gasteiger partial charge is 0.393 e. The Bertz CT molecular complexity index is 620. The smallest absolute Gasteiger partial charge is 0.0543 e. The molecule has 4 saturated carbocycles. The summed E-state index contributed by atoms with van der Waals surface area (Å²) in [5.74, 6) is 6.09. The van der Waals surface area contributed by atoms with Gasteiger partial charge in [-0.25, -0.2) is 0 Å². The third-order valence-corrected chi connectivity index (χ3v) is 11.1. The van der Waals surface area contributed by atoms with Gasteiger partial charge in [0.05, 0.1) is 6.10 Å². The van der Waals surface area contributed by atoms with Crippen LogP contribution in [0, 0.1) is 52.3 Å². The van der Waals surface area contributed by atoms with Crippen molar-refractivity contribution in [3.05, 3.63) is 11.6 Å². The molecule has 4 aliphatic rings. The summed E-state index contributed by atoms with van der Waals surface area (Å²) < 4.78 is 0. The molecule has 4 rings (SSSR count). The Labute approximate surface area is 181 Å². The summed E-state index contributed by atoms with van der Waals surface area (Å²) in [4.78, 5) is 0. The van der Waals surface area contributed by atoms with E-state index in [9.17, 15) is 5.11 Å².